The number of rotatable bonds is 35. The maximum Gasteiger partial charge on any atom is 0.265 e. The van der Waals surface area contributed by atoms with Crippen LogP contribution in [0.3, 0.4) is 0 Å². The fourth-order valence-corrected chi connectivity index (χ4v) is 17.3. The number of morpholine rings is 1. The van der Waals surface area contributed by atoms with Crippen LogP contribution in [0.1, 0.15) is 160 Å². The van der Waals surface area contributed by atoms with Gasteiger partial charge in [0.2, 0.25) is 11.7 Å². The maximum atomic E-state index is 13.9. The van der Waals surface area contributed by atoms with Gasteiger partial charge in [0.05, 0.1) is 66.4 Å². The van der Waals surface area contributed by atoms with Crippen molar-refractivity contribution in [1.82, 2.24) is 25.1 Å². The number of para-hydroxylation sites is 2. The Morgan fingerprint density at radius 1 is 0.576 bits per heavy atom. The number of hydrogen-bond donors (Lipinski definition) is 3. The molecular formula is C89H107N9O15S5. The molecule has 0 unspecified atom stereocenters. The molecule has 4 heterocycles. The molecule has 118 heavy (non-hydrogen) atoms. The molecule has 0 amide bonds. The first-order chi connectivity index (χ1) is 56.1. The highest BCUT2D eigenvalue weighted by molar-refractivity contribution is 8.00. The quantitative estimate of drug-likeness (QED) is 0.0189. The first-order valence-corrected chi connectivity index (χ1v) is 44.9. The zero-order valence-electron chi connectivity index (χ0n) is 69.4. The molecule has 7 aromatic carbocycles. The van der Waals surface area contributed by atoms with E-state index < -0.39 is 30.1 Å². The number of aryl methyl sites for hydroxylation is 2. The van der Waals surface area contributed by atoms with E-state index >= 15 is 0 Å². The molecule has 11 rings (SSSR count). The highest BCUT2D eigenvalue weighted by Crippen LogP contribution is 2.44. The average molecular weight is 1700 g/mol. The third-order valence-corrected chi connectivity index (χ3v) is 25.1. The van der Waals surface area contributed by atoms with Gasteiger partial charge in [0, 0.05) is 48.6 Å². The first-order valence-electron chi connectivity index (χ1n) is 38.8. The Morgan fingerprint density at radius 3 is 1.61 bits per heavy atom. The van der Waals surface area contributed by atoms with Crippen LogP contribution in [0.25, 0.3) is 0 Å². The topological polar surface area (TPSA) is 309 Å². The van der Waals surface area contributed by atoms with Crippen molar-refractivity contribution in [3.05, 3.63) is 228 Å². The number of benzene rings is 7. The van der Waals surface area contributed by atoms with E-state index in [1.807, 2.05) is 108 Å². The van der Waals surface area contributed by atoms with Crippen molar-refractivity contribution >= 4 is 89.1 Å². The van der Waals surface area contributed by atoms with E-state index in [1.54, 1.807) is 87.0 Å². The summed E-state index contributed by atoms with van der Waals surface area (Å²) in [7, 11) is -7.17. The van der Waals surface area contributed by atoms with Gasteiger partial charge in [0.25, 0.3) is 35.9 Å². The lowest BCUT2D eigenvalue weighted by Crippen LogP contribution is -2.37. The minimum atomic E-state index is -4.15. The lowest BCUT2D eigenvalue weighted by atomic mass is 9.87. The van der Waals surface area contributed by atoms with E-state index in [-0.39, 0.29) is 97.1 Å². The van der Waals surface area contributed by atoms with Crippen molar-refractivity contribution in [1.29, 1.82) is 0 Å². The third kappa shape index (κ3) is 26.1. The number of hydrogen-bond acceptors (Lipinski definition) is 23. The summed E-state index contributed by atoms with van der Waals surface area (Å²) in [4.78, 5) is 47.3. The van der Waals surface area contributed by atoms with Crippen LogP contribution in [0.15, 0.2) is 228 Å². The number of nitrogens with one attached hydrogen (secondary N) is 3. The van der Waals surface area contributed by atoms with Gasteiger partial charge in [-0.1, -0.05) is 196 Å². The number of ketones is 1. The summed E-state index contributed by atoms with van der Waals surface area (Å²) in [5, 5.41) is 4.00. The standard InChI is InChI=1S/C38H46N4O7S.C27H33N3O3S2.C24H28N2O5S2/c1-26(2)31-12-8-7-11-27(31)25-29(43)19-22-48-36-34(49-33-14-10-9-13-32(33)46-6)35(39-37(40-36)42-20-23-47-24-21-42)41-50(44,45)30-17-15-28(16-18-30)38(3,4)5;1-6-7-8-9-13-24-25(34-22-12-10-11-21(18-22)33-5)26(29-19-28-24)30-35(31,32)23-16-14-20(15-17-23)27(2,3)4;1-24(2,3)17-11-13-20(14-12-17)33(28,29)26-23-22(21(31-25-23)10-5-6-15-27)32-19-9-7-8-18(16-19)30-4/h7-18,26H,19-25H2,1-6H3,(H,39,40,41);6,10-12,14-19H,1,7-9,13H2,2-5H3,(H,28,29,30);7-9,11-16H,5-6,10H2,1-4H3,(H,25,26). The number of sulfonamides is 3. The molecule has 1 fully saturated rings. The zero-order chi connectivity index (χ0) is 85.4. The maximum absolute atomic E-state index is 13.9. The van der Waals surface area contributed by atoms with Crippen LogP contribution in [-0.2, 0) is 79.9 Å². The van der Waals surface area contributed by atoms with E-state index in [1.165, 1.54) is 37.0 Å². The number of carbonyl (C=O) groups excluding carboxylic acids is 2. The van der Waals surface area contributed by atoms with Crippen molar-refractivity contribution in [2.75, 3.05) is 73.3 Å². The Balaban J connectivity index is 0.000000208. The first kappa shape index (κ1) is 91.6. The number of anilines is 4. The summed E-state index contributed by atoms with van der Waals surface area (Å²) in [6.45, 7) is 28.5. The Labute approximate surface area is 703 Å². The predicted molar refractivity (Wildman–Crippen MR) is 465 cm³/mol. The Kier molecular flexibility index (Phi) is 32.5. The summed E-state index contributed by atoms with van der Waals surface area (Å²) < 4.78 is 128. The number of nitrogens with zero attached hydrogens (tertiary/aromatic N) is 6. The molecular weight excluding hydrogens is 1600 g/mol. The van der Waals surface area contributed by atoms with Crippen molar-refractivity contribution in [2.45, 2.75) is 190 Å². The summed E-state index contributed by atoms with van der Waals surface area (Å²) in [6.07, 6.45) is 9.46. The molecule has 1 aliphatic rings. The lowest BCUT2D eigenvalue weighted by molar-refractivity contribution is -0.119. The third-order valence-electron chi connectivity index (χ3n) is 18.8. The summed E-state index contributed by atoms with van der Waals surface area (Å²) in [5.74, 6) is 3.28. The number of allylic oxidation sites excluding steroid dienone is 1. The largest absolute Gasteiger partial charge is 0.497 e. The monoisotopic (exact) mass is 1700 g/mol. The number of ether oxygens (including phenoxy) is 6. The molecule has 628 valence electrons. The summed E-state index contributed by atoms with van der Waals surface area (Å²) in [5.41, 5.74) is 5.70. The van der Waals surface area contributed by atoms with Crippen molar-refractivity contribution in [2.24, 2.45) is 0 Å². The van der Waals surface area contributed by atoms with Gasteiger partial charge >= 0.3 is 0 Å². The Bertz CT molecular complexity index is 5370. The molecule has 0 radical (unpaired) electrons. The minimum Gasteiger partial charge on any atom is -0.497 e. The minimum absolute atomic E-state index is 0.00705. The highest BCUT2D eigenvalue weighted by atomic mass is 32.2. The Hall–Kier alpha value is -10.3. The lowest BCUT2D eigenvalue weighted by Gasteiger charge is -2.28. The molecule has 0 bridgehead atoms. The SMILES string of the molecule is C=CCCCCc1ncnc(NS(=O)(=O)c2ccc(C(C)(C)C)cc2)c1Sc1cccc(OC)c1.COc1cccc(Sc2c(NS(=O)(=O)c3ccc(C(C)(C)C)cc3)noc2CCCC=O)c1.COc1ccccc1Oc1c(NS(=O)(=O)c2ccc(C(C)(C)C)cc2)nc(N2CCOCC2)nc1OCCC(=O)Cc1ccccc1C(C)C. The smallest absolute Gasteiger partial charge is 0.265 e. The number of aldehydes is 1. The second kappa shape index (κ2) is 41.9. The molecule has 0 saturated carbocycles. The molecule has 29 heteroatoms. The second-order valence-electron chi connectivity index (χ2n) is 31.1. The van der Waals surface area contributed by atoms with Crippen molar-refractivity contribution in [3.63, 3.8) is 0 Å². The van der Waals surface area contributed by atoms with Gasteiger partial charge in [0.15, 0.2) is 34.7 Å². The van der Waals surface area contributed by atoms with Gasteiger partial charge in [-0.05, 0) is 167 Å². The van der Waals surface area contributed by atoms with Gasteiger partial charge in [-0.15, -0.1) is 6.58 Å². The summed E-state index contributed by atoms with van der Waals surface area (Å²) in [6, 6.07) is 50.4. The molecule has 24 nitrogen and oxygen atoms in total. The van der Waals surface area contributed by atoms with Crippen LogP contribution >= 0.6 is 23.5 Å². The van der Waals surface area contributed by atoms with Crippen LogP contribution in [0, 0.1) is 0 Å². The summed E-state index contributed by atoms with van der Waals surface area (Å²) >= 11 is 2.75. The van der Waals surface area contributed by atoms with Gasteiger partial charge in [-0.25, -0.2) is 35.2 Å². The van der Waals surface area contributed by atoms with E-state index in [9.17, 15) is 34.8 Å². The number of carbonyl (C=O) groups is 2. The number of unbranched alkanes of at least 4 members (excludes halogenated alkanes) is 3. The van der Waals surface area contributed by atoms with Crippen LogP contribution in [0.5, 0.6) is 34.6 Å². The van der Waals surface area contributed by atoms with E-state index in [4.69, 9.17) is 37.9 Å². The average Bonchev–Trinajstić information content (AvgIpc) is 0.991. The van der Waals surface area contributed by atoms with E-state index in [0.717, 1.165) is 74.6 Å². The number of methoxy groups -OCH3 is 3. The molecule has 3 aromatic heterocycles. The molecule has 0 atom stereocenters. The number of Topliss-reactive ketones (excluding diaryl/α,β-unsaturated/α-hetero) is 1. The highest BCUT2D eigenvalue weighted by Gasteiger charge is 2.31. The van der Waals surface area contributed by atoms with Crippen LogP contribution in [0.4, 0.5) is 23.4 Å². The van der Waals surface area contributed by atoms with Crippen LogP contribution in [-0.4, -0.2) is 117 Å². The van der Waals surface area contributed by atoms with Crippen LogP contribution < -0.4 is 42.8 Å². The van der Waals surface area contributed by atoms with Gasteiger partial charge in [0.1, 0.15) is 34.8 Å². The Morgan fingerprint density at radius 2 is 1.09 bits per heavy atom. The predicted octanol–water partition coefficient (Wildman–Crippen LogP) is 19.0. The number of aromatic nitrogens is 5. The van der Waals surface area contributed by atoms with Crippen molar-refractivity contribution in [3.8, 4) is 34.6 Å². The zero-order valence-corrected chi connectivity index (χ0v) is 73.5. The molecule has 1 aliphatic heterocycles. The normalized spacial score (nSPS) is 12.6. The fourth-order valence-electron chi connectivity index (χ4n) is 12.1. The van der Waals surface area contributed by atoms with Gasteiger partial charge in [-0.3, -0.25) is 19.0 Å². The van der Waals surface area contributed by atoms with Gasteiger partial charge < -0.3 is 42.6 Å². The molecule has 1 saturated heterocycles. The van der Waals surface area contributed by atoms with Crippen LogP contribution in [0.2, 0.25) is 0 Å². The molecule has 0 spiro atoms. The fraction of sp³-hybridized carbons (Fsp3) is 0.360. The molecule has 10 aromatic rings. The van der Waals surface area contributed by atoms with Crippen molar-refractivity contribution < 1.29 is 67.8 Å². The molecule has 0 aliphatic carbocycles. The second-order valence-corrected chi connectivity index (χ2v) is 38.3. The molecule has 3 N–H and O–H groups in total. The van der Waals surface area contributed by atoms with E-state index in [2.05, 4.69) is 117 Å². The van der Waals surface area contributed by atoms with E-state index in [0.29, 0.717) is 84.8 Å². The van der Waals surface area contributed by atoms with Gasteiger partial charge in [-0.2, -0.15) is 9.97 Å².